The summed E-state index contributed by atoms with van der Waals surface area (Å²) in [6.45, 7) is 0.952. The highest BCUT2D eigenvalue weighted by Gasteiger charge is 2.42. The molecule has 3 aliphatic heterocycles. The van der Waals surface area contributed by atoms with E-state index in [2.05, 4.69) is 54.2 Å². The summed E-state index contributed by atoms with van der Waals surface area (Å²) >= 11 is 0. The van der Waals surface area contributed by atoms with Gasteiger partial charge in [0.15, 0.2) is 34.5 Å². The van der Waals surface area contributed by atoms with Crippen LogP contribution in [0.4, 0.5) is 0 Å². The summed E-state index contributed by atoms with van der Waals surface area (Å²) < 4.78 is 35.7. The number of ether oxygens (including phenoxy) is 6. The van der Waals surface area contributed by atoms with Crippen molar-refractivity contribution in [2.45, 2.75) is 43.8 Å². The fourth-order valence-corrected chi connectivity index (χ4v) is 7.91. The summed E-state index contributed by atoms with van der Waals surface area (Å²) in [5.74, 6) is 4.58. The quantitative estimate of drug-likeness (QED) is 0.209. The van der Waals surface area contributed by atoms with Crippen LogP contribution in [0, 0.1) is 0 Å². The topological polar surface area (TPSA) is 82.1 Å². The molecule has 0 radical (unpaired) electrons. The minimum absolute atomic E-state index is 0.0245. The fraction of sp³-hybridized carbons (Fsp3) is 0.385. The third kappa shape index (κ3) is 5.35. The van der Waals surface area contributed by atoms with Crippen LogP contribution in [0.3, 0.4) is 0 Å². The van der Waals surface area contributed by atoms with Crippen LogP contribution in [0.1, 0.15) is 57.1 Å². The van der Waals surface area contributed by atoms with Crippen LogP contribution in [0.15, 0.2) is 54.6 Å². The van der Waals surface area contributed by atoms with Gasteiger partial charge in [0, 0.05) is 30.2 Å². The van der Waals surface area contributed by atoms with E-state index < -0.39 is 0 Å². The Morgan fingerprint density at radius 2 is 1.35 bits per heavy atom. The van der Waals surface area contributed by atoms with Gasteiger partial charge in [0.2, 0.25) is 5.75 Å². The van der Waals surface area contributed by atoms with Gasteiger partial charge >= 0.3 is 0 Å². The average Bonchev–Trinajstić information content (AvgIpc) is 3.10. The Hall–Kier alpha value is -4.60. The van der Waals surface area contributed by atoms with Crippen LogP contribution in [-0.2, 0) is 25.7 Å². The summed E-state index contributed by atoms with van der Waals surface area (Å²) in [5, 5.41) is 10.7. The molecule has 48 heavy (non-hydrogen) atoms. The zero-order chi connectivity index (χ0) is 33.7. The lowest BCUT2D eigenvalue weighted by molar-refractivity contribution is 0.135. The van der Waals surface area contributed by atoms with Gasteiger partial charge in [-0.15, -0.1) is 0 Å². The van der Waals surface area contributed by atoms with Crippen LogP contribution in [-0.4, -0.2) is 71.1 Å². The molecule has 1 N–H and O–H groups in total. The smallest absolute Gasteiger partial charge is 0.204 e. The standard InChI is InChI=1S/C39H44N2O7/c1-40-13-12-23-16-35(45-5)36(20-27(23)30(40)14-22-8-10-25(43-3)11-9-22)48-38-29-18-32-26-19-33(42)34(44-4)17-24(26)15-31(41(32)2)28(29)21-37(46-6)39(38)47-7/h8-11,16-17,19-21,30-32,42H,12-15,18H2,1-7H3/t30-,31+,32+/m1/s1. The molecule has 4 aromatic carbocycles. The van der Waals surface area contributed by atoms with Crippen LogP contribution >= 0.6 is 0 Å². The molecule has 0 unspecified atom stereocenters. The molecule has 9 nitrogen and oxygen atoms in total. The average molecular weight is 653 g/mol. The van der Waals surface area contributed by atoms with Crippen molar-refractivity contribution in [1.29, 1.82) is 0 Å². The Morgan fingerprint density at radius 1 is 0.667 bits per heavy atom. The highest BCUT2D eigenvalue weighted by Crippen LogP contribution is 2.55. The molecule has 3 atom stereocenters. The number of nitrogens with zero attached hydrogens (tertiary/aromatic N) is 2. The Bertz CT molecular complexity index is 1840. The number of rotatable bonds is 9. The first-order valence-corrected chi connectivity index (χ1v) is 16.4. The first-order valence-electron chi connectivity index (χ1n) is 16.4. The highest BCUT2D eigenvalue weighted by molar-refractivity contribution is 5.64. The third-order valence-corrected chi connectivity index (χ3v) is 10.6. The lowest BCUT2D eigenvalue weighted by atomic mass is 9.76. The summed E-state index contributed by atoms with van der Waals surface area (Å²) in [4.78, 5) is 4.79. The van der Waals surface area contributed by atoms with Gasteiger partial charge in [-0.2, -0.15) is 0 Å². The monoisotopic (exact) mass is 652 g/mol. The van der Waals surface area contributed by atoms with Gasteiger partial charge in [-0.25, -0.2) is 0 Å². The Morgan fingerprint density at radius 3 is 2.04 bits per heavy atom. The number of likely N-dealkylation sites (N-methyl/N-ethyl adjacent to an activating group) is 2. The van der Waals surface area contributed by atoms with E-state index >= 15 is 0 Å². The van der Waals surface area contributed by atoms with Crippen molar-refractivity contribution in [3.05, 3.63) is 93.5 Å². The van der Waals surface area contributed by atoms with E-state index in [1.807, 2.05) is 24.3 Å². The van der Waals surface area contributed by atoms with Crippen molar-refractivity contribution in [3.63, 3.8) is 0 Å². The van der Waals surface area contributed by atoms with E-state index in [-0.39, 0.29) is 23.9 Å². The van der Waals surface area contributed by atoms with Gasteiger partial charge in [-0.1, -0.05) is 12.1 Å². The fourth-order valence-electron chi connectivity index (χ4n) is 7.91. The van der Waals surface area contributed by atoms with Crippen molar-refractivity contribution in [3.8, 4) is 46.0 Å². The number of phenolic OH excluding ortho intramolecular Hbond substituents is 1. The normalized spacial score (nSPS) is 19.9. The number of aromatic hydroxyl groups is 1. The number of hydrogen-bond donors (Lipinski definition) is 1. The van der Waals surface area contributed by atoms with Gasteiger partial charge in [-0.3, -0.25) is 9.80 Å². The van der Waals surface area contributed by atoms with Gasteiger partial charge < -0.3 is 33.5 Å². The summed E-state index contributed by atoms with van der Waals surface area (Å²) in [6, 6.07) is 18.7. The lowest BCUT2D eigenvalue weighted by Gasteiger charge is -2.46. The van der Waals surface area contributed by atoms with Gasteiger partial charge in [0.1, 0.15) is 5.75 Å². The van der Waals surface area contributed by atoms with Crippen LogP contribution in [0.2, 0.25) is 0 Å². The third-order valence-electron chi connectivity index (χ3n) is 10.6. The Kier molecular flexibility index (Phi) is 8.51. The van der Waals surface area contributed by atoms with Gasteiger partial charge in [0.25, 0.3) is 0 Å². The van der Waals surface area contributed by atoms with Crippen molar-refractivity contribution >= 4 is 0 Å². The number of hydrogen-bond acceptors (Lipinski definition) is 9. The molecule has 2 bridgehead atoms. The molecule has 0 saturated carbocycles. The van der Waals surface area contributed by atoms with E-state index in [0.29, 0.717) is 40.9 Å². The van der Waals surface area contributed by atoms with Crippen LogP contribution < -0.4 is 28.4 Å². The molecular weight excluding hydrogens is 608 g/mol. The molecule has 0 aliphatic carbocycles. The van der Waals surface area contributed by atoms with Crippen LogP contribution in [0.25, 0.3) is 0 Å². The maximum Gasteiger partial charge on any atom is 0.204 e. The molecule has 3 aliphatic rings. The second-order valence-electron chi connectivity index (χ2n) is 12.9. The van der Waals surface area contributed by atoms with Crippen molar-refractivity contribution < 1.29 is 33.5 Å². The molecule has 0 spiro atoms. The zero-order valence-corrected chi connectivity index (χ0v) is 28.8. The number of methoxy groups -OCH3 is 5. The summed E-state index contributed by atoms with van der Waals surface area (Å²) in [6.07, 6.45) is 3.19. The molecule has 9 heteroatoms. The number of fused-ring (bicyclic) bond motifs is 7. The predicted molar refractivity (Wildman–Crippen MR) is 184 cm³/mol. The molecule has 7 rings (SSSR count). The summed E-state index contributed by atoms with van der Waals surface area (Å²) in [7, 11) is 12.6. The summed E-state index contributed by atoms with van der Waals surface area (Å²) in [5.41, 5.74) is 8.18. The Balaban J connectivity index is 1.32. The van der Waals surface area contributed by atoms with Gasteiger partial charge in [-0.05, 0) is 116 Å². The molecule has 3 heterocycles. The van der Waals surface area contributed by atoms with E-state index in [1.165, 1.54) is 22.3 Å². The van der Waals surface area contributed by atoms with Crippen molar-refractivity contribution in [1.82, 2.24) is 9.80 Å². The van der Waals surface area contributed by atoms with Crippen LogP contribution in [0.5, 0.6) is 46.0 Å². The molecule has 0 amide bonds. The zero-order valence-electron chi connectivity index (χ0n) is 28.8. The van der Waals surface area contributed by atoms with E-state index in [1.54, 1.807) is 35.5 Å². The van der Waals surface area contributed by atoms with E-state index in [9.17, 15) is 5.11 Å². The molecular formula is C39H44N2O7. The second kappa shape index (κ2) is 12.8. The largest absolute Gasteiger partial charge is 0.504 e. The molecule has 0 aromatic heterocycles. The molecule has 4 aromatic rings. The first kappa shape index (κ1) is 32.0. The second-order valence-corrected chi connectivity index (χ2v) is 12.9. The molecule has 0 saturated heterocycles. The minimum Gasteiger partial charge on any atom is -0.504 e. The molecule has 252 valence electrons. The molecule has 0 fully saturated rings. The maximum atomic E-state index is 10.7. The Labute approximate surface area is 282 Å². The van der Waals surface area contributed by atoms with Gasteiger partial charge in [0.05, 0.1) is 35.5 Å². The van der Waals surface area contributed by atoms with E-state index in [0.717, 1.165) is 48.2 Å². The maximum absolute atomic E-state index is 10.7. The van der Waals surface area contributed by atoms with Crippen molar-refractivity contribution in [2.24, 2.45) is 0 Å². The number of benzene rings is 4. The first-order chi connectivity index (χ1) is 23.3. The predicted octanol–water partition coefficient (Wildman–Crippen LogP) is 6.83. The number of phenols is 1. The highest BCUT2D eigenvalue weighted by atomic mass is 16.5. The minimum atomic E-state index is 0.0245. The van der Waals surface area contributed by atoms with E-state index in [4.69, 9.17) is 28.4 Å². The lowest BCUT2D eigenvalue weighted by Crippen LogP contribution is -2.40. The SMILES string of the molecule is COc1ccc(C[C@@H]2c3cc(Oc4c5c(cc(OC)c4OC)[C@@H]4Cc6cc(OC)c(O)cc6[C@H](C5)N4C)c(OC)cc3CCN2C)cc1. The van der Waals surface area contributed by atoms with Crippen molar-refractivity contribution in [2.75, 3.05) is 56.2 Å².